The molecule has 0 rings (SSSR count). The van der Waals surface area contributed by atoms with Crippen LogP contribution in [0.1, 0.15) is 220 Å². The van der Waals surface area contributed by atoms with Crippen molar-refractivity contribution in [2.75, 3.05) is 13.1 Å². The van der Waals surface area contributed by atoms with Crippen LogP contribution in [-0.2, 0) is 4.57 Å². The Morgan fingerprint density at radius 3 is 0.900 bits per heavy atom. The average molecular weight is 582 g/mol. The zero-order valence-corrected chi connectivity index (χ0v) is 29.3. The molecule has 0 radical (unpaired) electrons. The Morgan fingerprint density at radius 1 is 0.375 bits per heavy atom. The van der Waals surface area contributed by atoms with Crippen LogP contribution in [0.15, 0.2) is 0 Å². The van der Waals surface area contributed by atoms with Crippen LogP contribution in [0, 0.1) is 0 Å². The summed E-state index contributed by atoms with van der Waals surface area (Å²) < 4.78 is 13.1. The SMILES string of the molecule is CCCCCCCCCCC(CCCCCCCCCC)(P=O)N(CCCCCCCC)CCCCCCCC. The molecule has 0 bridgehead atoms. The number of nitrogens with zero attached hydrogens (tertiary/aromatic N) is 1. The summed E-state index contributed by atoms with van der Waals surface area (Å²) in [5, 5.41) is -0.114. The molecule has 0 heterocycles. The molecule has 3 heteroatoms. The fourth-order valence-electron chi connectivity index (χ4n) is 6.37. The van der Waals surface area contributed by atoms with Crippen LogP contribution in [0.2, 0.25) is 0 Å². The summed E-state index contributed by atoms with van der Waals surface area (Å²) in [4.78, 5) is 2.75. The van der Waals surface area contributed by atoms with Gasteiger partial charge in [0.25, 0.3) is 0 Å². The van der Waals surface area contributed by atoms with Gasteiger partial charge in [0, 0.05) is 0 Å². The molecule has 0 aromatic heterocycles. The van der Waals surface area contributed by atoms with Gasteiger partial charge in [0.1, 0.15) is 5.28 Å². The van der Waals surface area contributed by atoms with Crippen molar-refractivity contribution in [3.05, 3.63) is 0 Å². The van der Waals surface area contributed by atoms with Crippen LogP contribution in [0.3, 0.4) is 0 Å². The lowest BCUT2D eigenvalue weighted by Gasteiger charge is -2.40. The molecule has 0 aromatic carbocycles. The van der Waals surface area contributed by atoms with Gasteiger partial charge in [0.05, 0.1) is 0 Å². The third-order valence-electron chi connectivity index (χ3n) is 9.18. The molecule has 240 valence electrons. The fourth-order valence-corrected chi connectivity index (χ4v) is 7.18. The summed E-state index contributed by atoms with van der Waals surface area (Å²) in [6.45, 7) is 11.5. The predicted molar refractivity (Wildman–Crippen MR) is 183 cm³/mol. The maximum atomic E-state index is 13.1. The molecule has 0 aliphatic rings. The van der Waals surface area contributed by atoms with Gasteiger partial charge in [0.15, 0.2) is 8.46 Å². The topological polar surface area (TPSA) is 20.3 Å². The largest absolute Gasteiger partial charge is 0.288 e. The Kier molecular flexibility index (Phi) is 32.0. The second-order valence-corrected chi connectivity index (χ2v) is 14.1. The van der Waals surface area contributed by atoms with Gasteiger partial charge in [-0.05, 0) is 38.8 Å². The van der Waals surface area contributed by atoms with Crippen molar-refractivity contribution < 1.29 is 4.57 Å². The maximum absolute atomic E-state index is 13.1. The van der Waals surface area contributed by atoms with Crippen molar-refractivity contribution in [3.63, 3.8) is 0 Å². The van der Waals surface area contributed by atoms with E-state index in [0.29, 0.717) is 8.46 Å². The van der Waals surface area contributed by atoms with Crippen LogP contribution in [0.25, 0.3) is 0 Å². The Labute approximate surface area is 256 Å². The summed E-state index contributed by atoms with van der Waals surface area (Å²) in [7, 11) is 0.410. The molecule has 0 saturated carbocycles. The van der Waals surface area contributed by atoms with E-state index in [9.17, 15) is 4.57 Å². The van der Waals surface area contributed by atoms with Crippen LogP contribution < -0.4 is 0 Å². The predicted octanol–water partition coefficient (Wildman–Crippen LogP) is 14.1. The van der Waals surface area contributed by atoms with Gasteiger partial charge in [-0.3, -0.25) is 9.46 Å². The molecule has 0 aliphatic heterocycles. The summed E-state index contributed by atoms with van der Waals surface area (Å²) in [5.41, 5.74) is 0. The third-order valence-corrected chi connectivity index (χ3v) is 10.3. The van der Waals surface area contributed by atoms with E-state index in [1.54, 1.807) is 0 Å². The fraction of sp³-hybridized carbons (Fsp3) is 1.00. The third kappa shape index (κ3) is 23.6. The second kappa shape index (κ2) is 32.0. The van der Waals surface area contributed by atoms with Gasteiger partial charge in [-0.25, -0.2) is 0 Å². The lowest BCUT2D eigenvalue weighted by atomic mass is 9.96. The van der Waals surface area contributed by atoms with Crippen molar-refractivity contribution in [1.29, 1.82) is 0 Å². The first-order valence-corrected chi connectivity index (χ1v) is 19.6. The van der Waals surface area contributed by atoms with Gasteiger partial charge in [-0.1, -0.05) is 195 Å². The van der Waals surface area contributed by atoms with Gasteiger partial charge in [-0.15, -0.1) is 0 Å². The van der Waals surface area contributed by atoms with E-state index in [-0.39, 0.29) is 5.28 Å². The van der Waals surface area contributed by atoms with Gasteiger partial charge in [-0.2, -0.15) is 0 Å². The standard InChI is InChI=1S/C37H76NOP/c1-5-9-13-17-21-23-25-29-33-37(40-39,34-30-26-24-22-18-14-10-6-2)38(35-31-27-19-15-11-7-3)36-32-28-20-16-12-8-4/h5-36H2,1-4H3. The number of hydrogen-bond donors (Lipinski definition) is 0. The molecule has 0 unspecified atom stereocenters. The van der Waals surface area contributed by atoms with Crippen LogP contribution >= 0.6 is 8.46 Å². The first kappa shape index (κ1) is 40.1. The van der Waals surface area contributed by atoms with Gasteiger partial charge < -0.3 is 0 Å². The molecule has 0 fully saturated rings. The minimum atomic E-state index is -0.114. The molecule has 0 atom stereocenters. The zero-order chi connectivity index (χ0) is 29.4. The Balaban J connectivity index is 5.10. The van der Waals surface area contributed by atoms with Gasteiger partial charge in [0.2, 0.25) is 0 Å². The van der Waals surface area contributed by atoms with E-state index in [0.717, 1.165) is 25.9 Å². The molecule has 40 heavy (non-hydrogen) atoms. The molecule has 0 spiro atoms. The van der Waals surface area contributed by atoms with Crippen molar-refractivity contribution >= 4 is 8.46 Å². The maximum Gasteiger partial charge on any atom is 0.177 e. The van der Waals surface area contributed by atoms with Crippen LogP contribution in [0.4, 0.5) is 0 Å². The quantitative estimate of drug-likeness (QED) is 0.0556. The molecule has 0 aliphatic carbocycles. The van der Waals surface area contributed by atoms with E-state index >= 15 is 0 Å². The highest BCUT2D eigenvalue weighted by Crippen LogP contribution is 2.39. The second-order valence-electron chi connectivity index (χ2n) is 13.0. The Morgan fingerprint density at radius 2 is 0.625 bits per heavy atom. The minimum absolute atomic E-state index is 0.114. The summed E-state index contributed by atoms with van der Waals surface area (Å²) >= 11 is 0. The lowest BCUT2D eigenvalue weighted by Crippen LogP contribution is -2.45. The van der Waals surface area contributed by atoms with Crippen molar-refractivity contribution in [2.24, 2.45) is 0 Å². The molecule has 0 N–H and O–H groups in total. The van der Waals surface area contributed by atoms with Crippen LogP contribution in [0.5, 0.6) is 0 Å². The van der Waals surface area contributed by atoms with Crippen molar-refractivity contribution in [3.8, 4) is 0 Å². The lowest BCUT2D eigenvalue weighted by molar-refractivity contribution is 0.130. The number of unbranched alkanes of at least 4 members (excludes halogenated alkanes) is 24. The minimum Gasteiger partial charge on any atom is -0.288 e. The Bertz CT molecular complexity index is 461. The number of hydrogen-bond acceptors (Lipinski definition) is 2. The summed E-state index contributed by atoms with van der Waals surface area (Å²) in [5.74, 6) is 0. The summed E-state index contributed by atoms with van der Waals surface area (Å²) in [6.07, 6.45) is 40.1. The smallest absolute Gasteiger partial charge is 0.177 e. The summed E-state index contributed by atoms with van der Waals surface area (Å²) in [6, 6.07) is 0. The van der Waals surface area contributed by atoms with E-state index in [1.165, 1.54) is 180 Å². The molecule has 0 saturated heterocycles. The Hall–Kier alpha value is 0.0600. The zero-order valence-electron chi connectivity index (χ0n) is 28.4. The van der Waals surface area contributed by atoms with E-state index in [2.05, 4.69) is 32.6 Å². The highest BCUT2D eigenvalue weighted by Gasteiger charge is 2.36. The van der Waals surface area contributed by atoms with Crippen molar-refractivity contribution in [1.82, 2.24) is 4.90 Å². The first-order chi connectivity index (χ1) is 19.7. The van der Waals surface area contributed by atoms with Gasteiger partial charge >= 0.3 is 0 Å². The highest BCUT2D eigenvalue weighted by atomic mass is 31.1. The number of rotatable bonds is 34. The molecule has 0 aromatic rings. The average Bonchev–Trinajstić information content (AvgIpc) is 2.97. The van der Waals surface area contributed by atoms with Crippen LogP contribution in [-0.4, -0.2) is 23.3 Å². The van der Waals surface area contributed by atoms with Crippen molar-refractivity contribution in [2.45, 2.75) is 226 Å². The van der Waals surface area contributed by atoms with E-state index in [1.807, 2.05) is 0 Å². The monoisotopic (exact) mass is 582 g/mol. The molecule has 0 amide bonds. The highest BCUT2D eigenvalue weighted by molar-refractivity contribution is 7.25. The molecular weight excluding hydrogens is 505 g/mol. The van der Waals surface area contributed by atoms with E-state index in [4.69, 9.17) is 0 Å². The normalized spacial score (nSPS) is 12.2. The molecule has 2 nitrogen and oxygen atoms in total. The molecular formula is C37H76NOP. The first-order valence-electron chi connectivity index (χ1n) is 18.8. The van der Waals surface area contributed by atoms with E-state index < -0.39 is 0 Å².